The summed E-state index contributed by atoms with van der Waals surface area (Å²) >= 11 is 0. The van der Waals surface area contributed by atoms with E-state index in [1.54, 1.807) is 15.4 Å². The number of nitrogens with two attached hydrogens (primary N) is 1. The van der Waals surface area contributed by atoms with Crippen molar-refractivity contribution in [3.05, 3.63) is 30.4 Å². The average molecular weight is 327 g/mol. The number of nitrogen functional groups attached to an aromatic ring is 1. The van der Waals surface area contributed by atoms with E-state index in [9.17, 15) is 0 Å². The summed E-state index contributed by atoms with van der Waals surface area (Å²) in [6.45, 7) is 6.04. The number of fused-ring (bicyclic) bond motifs is 1. The number of hydrogen-bond acceptors (Lipinski definition) is 5. The second-order valence-electron chi connectivity index (χ2n) is 5.85. The van der Waals surface area contributed by atoms with Gasteiger partial charge in [-0.15, -0.1) is 0 Å². The van der Waals surface area contributed by atoms with Gasteiger partial charge in [-0.1, -0.05) is 13.8 Å². The van der Waals surface area contributed by atoms with Gasteiger partial charge in [-0.2, -0.15) is 14.7 Å². The molecule has 1 aliphatic rings. The monoisotopic (exact) mass is 327 g/mol. The lowest BCUT2D eigenvalue weighted by atomic mass is 9.96. The molecule has 1 saturated heterocycles. The molecule has 1 unspecified atom stereocenters. The van der Waals surface area contributed by atoms with Gasteiger partial charge in [0, 0.05) is 42.9 Å². The molecule has 7 heteroatoms. The molecule has 7 nitrogen and oxygen atoms in total. The van der Waals surface area contributed by atoms with Crippen LogP contribution in [0.5, 0.6) is 0 Å². The summed E-state index contributed by atoms with van der Waals surface area (Å²) in [7, 11) is 1.90. The molecule has 4 rings (SSSR count). The maximum atomic E-state index is 6.18. The summed E-state index contributed by atoms with van der Waals surface area (Å²) in [6, 6.07) is 1.95. The first kappa shape index (κ1) is 16.4. The van der Waals surface area contributed by atoms with Crippen LogP contribution in [0.2, 0.25) is 0 Å². The predicted octanol–water partition coefficient (Wildman–Crippen LogP) is 2.21. The van der Waals surface area contributed by atoms with Crippen molar-refractivity contribution in [1.29, 1.82) is 0 Å². The molecule has 3 aromatic rings. The number of anilines is 1. The number of nitrogens with one attached hydrogen (secondary N) is 1. The molecule has 0 radical (unpaired) electrons. The van der Waals surface area contributed by atoms with Crippen LogP contribution in [0.1, 0.15) is 38.3 Å². The normalized spacial score (nSPS) is 17.5. The first-order chi connectivity index (χ1) is 11.7. The maximum absolute atomic E-state index is 6.18. The van der Waals surface area contributed by atoms with E-state index in [4.69, 9.17) is 10.7 Å². The zero-order chi connectivity index (χ0) is 17.1. The molecule has 1 atom stereocenters. The third-order valence-corrected chi connectivity index (χ3v) is 4.25. The summed E-state index contributed by atoms with van der Waals surface area (Å²) in [6.07, 6.45) is 7.91. The van der Waals surface area contributed by atoms with E-state index in [0.29, 0.717) is 11.7 Å². The third-order valence-electron chi connectivity index (χ3n) is 4.25. The third kappa shape index (κ3) is 2.99. The molecule has 0 bridgehead atoms. The maximum Gasteiger partial charge on any atom is 0.165 e. The van der Waals surface area contributed by atoms with Crippen LogP contribution in [-0.4, -0.2) is 37.5 Å². The lowest BCUT2D eigenvalue weighted by Gasteiger charge is -2.22. The van der Waals surface area contributed by atoms with E-state index < -0.39 is 0 Å². The van der Waals surface area contributed by atoms with Gasteiger partial charge in [0.1, 0.15) is 5.82 Å². The van der Waals surface area contributed by atoms with Crippen molar-refractivity contribution < 1.29 is 0 Å². The number of nitrogens with zero attached hydrogens (tertiary/aromatic N) is 5. The summed E-state index contributed by atoms with van der Waals surface area (Å²) in [5, 5.41) is 12.0. The molecule has 4 heterocycles. The van der Waals surface area contributed by atoms with Crippen molar-refractivity contribution in [2.45, 2.75) is 32.6 Å². The highest BCUT2D eigenvalue weighted by molar-refractivity contribution is 5.77. The number of aryl methyl sites for hydroxylation is 1. The van der Waals surface area contributed by atoms with Gasteiger partial charge in [0.05, 0.1) is 18.1 Å². The second kappa shape index (κ2) is 7.00. The van der Waals surface area contributed by atoms with Crippen molar-refractivity contribution in [2.24, 2.45) is 7.05 Å². The van der Waals surface area contributed by atoms with Crippen molar-refractivity contribution in [2.75, 3.05) is 18.8 Å². The first-order valence-electron chi connectivity index (χ1n) is 8.56. The van der Waals surface area contributed by atoms with Crippen LogP contribution < -0.4 is 11.1 Å². The molecule has 24 heavy (non-hydrogen) atoms. The fourth-order valence-corrected chi connectivity index (χ4v) is 3.08. The summed E-state index contributed by atoms with van der Waals surface area (Å²) in [4.78, 5) is 4.85. The Hall–Kier alpha value is -2.41. The molecule has 0 aromatic carbocycles. The Kier molecular flexibility index (Phi) is 4.80. The molecule has 3 N–H and O–H groups in total. The number of aromatic nitrogens is 5. The van der Waals surface area contributed by atoms with Crippen LogP contribution >= 0.6 is 0 Å². The van der Waals surface area contributed by atoms with E-state index in [1.807, 2.05) is 39.4 Å². The highest BCUT2D eigenvalue weighted by atomic mass is 15.3. The van der Waals surface area contributed by atoms with Gasteiger partial charge in [0.2, 0.25) is 0 Å². The standard InChI is InChI=1S/C15H19N7.C2H6/c1-21-9-11(7-18-21)12-8-19-22-14(16)5-13(20-15(12)22)10-3-2-4-17-6-10;1-2/h5,7-10,17H,2-4,6,16H2,1H3;1-2H3. The molecular weight excluding hydrogens is 302 g/mol. The minimum absolute atomic E-state index is 0.415. The van der Waals surface area contributed by atoms with E-state index in [2.05, 4.69) is 15.5 Å². The number of hydrogen-bond donors (Lipinski definition) is 2. The zero-order valence-corrected chi connectivity index (χ0v) is 14.5. The Morgan fingerprint density at radius 2 is 2.08 bits per heavy atom. The number of rotatable bonds is 2. The van der Waals surface area contributed by atoms with E-state index >= 15 is 0 Å². The fourth-order valence-electron chi connectivity index (χ4n) is 3.08. The lowest BCUT2D eigenvalue weighted by Crippen LogP contribution is -2.29. The molecule has 0 saturated carbocycles. The predicted molar refractivity (Wildman–Crippen MR) is 95.8 cm³/mol. The highest BCUT2D eigenvalue weighted by Gasteiger charge is 2.20. The van der Waals surface area contributed by atoms with Crippen molar-refractivity contribution in [1.82, 2.24) is 29.7 Å². The molecule has 0 spiro atoms. The van der Waals surface area contributed by atoms with Gasteiger partial charge >= 0.3 is 0 Å². The Morgan fingerprint density at radius 1 is 1.25 bits per heavy atom. The minimum Gasteiger partial charge on any atom is -0.384 e. The Balaban J connectivity index is 0.000000815. The average Bonchev–Trinajstić information content (AvgIpc) is 3.23. The van der Waals surface area contributed by atoms with Gasteiger partial charge in [-0.25, -0.2) is 4.98 Å². The summed E-state index contributed by atoms with van der Waals surface area (Å²) in [5.74, 6) is 1.04. The van der Waals surface area contributed by atoms with Crippen LogP contribution in [0.3, 0.4) is 0 Å². The molecule has 0 amide bonds. The van der Waals surface area contributed by atoms with Gasteiger partial charge < -0.3 is 11.1 Å². The van der Waals surface area contributed by atoms with Crippen LogP contribution in [-0.2, 0) is 7.05 Å². The molecule has 1 fully saturated rings. The molecule has 1 aliphatic heterocycles. The van der Waals surface area contributed by atoms with Crippen molar-refractivity contribution in [3.8, 4) is 11.1 Å². The topological polar surface area (TPSA) is 86.1 Å². The zero-order valence-electron chi connectivity index (χ0n) is 14.5. The van der Waals surface area contributed by atoms with Crippen LogP contribution in [0, 0.1) is 0 Å². The smallest absolute Gasteiger partial charge is 0.165 e. The Labute approximate surface area is 141 Å². The van der Waals surface area contributed by atoms with Crippen LogP contribution in [0.15, 0.2) is 24.7 Å². The summed E-state index contributed by atoms with van der Waals surface area (Å²) in [5.41, 5.74) is 9.99. The highest BCUT2D eigenvalue weighted by Crippen LogP contribution is 2.28. The Morgan fingerprint density at radius 3 is 2.75 bits per heavy atom. The quantitative estimate of drug-likeness (QED) is 0.753. The first-order valence-corrected chi connectivity index (χ1v) is 8.56. The number of piperidine rings is 1. The van der Waals surface area contributed by atoms with Crippen molar-refractivity contribution in [3.63, 3.8) is 0 Å². The van der Waals surface area contributed by atoms with Crippen LogP contribution in [0.25, 0.3) is 16.8 Å². The van der Waals surface area contributed by atoms with Gasteiger partial charge in [0.15, 0.2) is 5.65 Å². The minimum atomic E-state index is 0.415. The largest absolute Gasteiger partial charge is 0.384 e. The van der Waals surface area contributed by atoms with Gasteiger partial charge in [-0.05, 0) is 19.4 Å². The van der Waals surface area contributed by atoms with E-state index in [0.717, 1.165) is 42.0 Å². The fraction of sp³-hybridized carbons (Fsp3) is 0.471. The van der Waals surface area contributed by atoms with Gasteiger partial charge in [-0.3, -0.25) is 4.68 Å². The molecule has 3 aromatic heterocycles. The Bertz CT molecular complexity index is 812. The van der Waals surface area contributed by atoms with E-state index in [-0.39, 0.29) is 0 Å². The lowest BCUT2D eigenvalue weighted by molar-refractivity contribution is 0.455. The molecule has 128 valence electrons. The van der Waals surface area contributed by atoms with E-state index in [1.165, 1.54) is 6.42 Å². The SMILES string of the molecule is CC.Cn1cc(-c2cnn3c(N)cc(C4CCCNC4)nc23)cn1. The van der Waals surface area contributed by atoms with Crippen LogP contribution in [0.4, 0.5) is 5.82 Å². The summed E-state index contributed by atoms with van der Waals surface area (Å²) < 4.78 is 3.47. The second-order valence-corrected chi connectivity index (χ2v) is 5.85. The molecule has 0 aliphatic carbocycles. The van der Waals surface area contributed by atoms with Crippen molar-refractivity contribution >= 4 is 11.5 Å². The molecular formula is C17H25N7. The van der Waals surface area contributed by atoms with Gasteiger partial charge in [0.25, 0.3) is 0 Å².